The first-order valence-electron chi connectivity index (χ1n) is 3.97. The van der Waals surface area contributed by atoms with Gasteiger partial charge in [-0.1, -0.05) is 27.4 Å². The molecule has 0 aliphatic rings. The largest absolute Gasteiger partial charge is 0.445 e. The van der Waals surface area contributed by atoms with Crippen LogP contribution in [0.25, 0.3) is 10.2 Å². The fourth-order valence-corrected chi connectivity index (χ4v) is 3.21. The molecule has 6 heteroatoms. The number of benzene rings is 1. The van der Waals surface area contributed by atoms with Crippen molar-refractivity contribution in [2.24, 2.45) is 0 Å². The zero-order valence-corrected chi connectivity index (χ0v) is 9.10. The van der Waals surface area contributed by atoms with Gasteiger partial charge in [0.25, 0.3) is 0 Å². The van der Waals surface area contributed by atoms with Gasteiger partial charge in [0.15, 0.2) is 0 Å². The summed E-state index contributed by atoms with van der Waals surface area (Å²) in [6.07, 6.45) is 0. The molecule has 2 aromatic rings. The molecule has 1 aromatic carbocycles. The third-order valence-electron chi connectivity index (χ3n) is 1.90. The minimum atomic E-state index is -3.40. The predicted octanol–water partition coefficient (Wildman–Crippen LogP) is 0.501. The SMILES string of the molecule is CNS(=O)(=O)[n+]1csc2ccccc21. The second kappa shape index (κ2) is 3.30. The van der Waals surface area contributed by atoms with E-state index in [0.29, 0.717) is 5.52 Å². The molecular formula is C8H9N2O2S2+. The van der Waals surface area contributed by atoms with Crippen LogP contribution in [-0.2, 0) is 10.2 Å². The van der Waals surface area contributed by atoms with Crippen molar-refractivity contribution >= 4 is 31.8 Å². The molecule has 0 spiro atoms. The zero-order chi connectivity index (χ0) is 10.2. The van der Waals surface area contributed by atoms with E-state index < -0.39 is 10.2 Å². The normalized spacial score (nSPS) is 12.1. The number of aromatic nitrogens is 1. The number of hydrogen-bond donors (Lipinski definition) is 1. The van der Waals surface area contributed by atoms with Gasteiger partial charge >= 0.3 is 10.2 Å². The van der Waals surface area contributed by atoms with Gasteiger partial charge in [0.1, 0.15) is 4.70 Å². The highest BCUT2D eigenvalue weighted by atomic mass is 32.2. The molecule has 0 saturated carbocycles. The third-order valence-corrected chi connectivity index (χ3v) is 4.28. The van der Waals surface area contributed by atoms with Crippen molar-refractivity contribution in [3.8, 4) is 0 Å². The maximum absolute atomic E-state index is 11.5. The number of nitrogens with zero attached hydrogens (tertiary/aromatic N) is 1. The van der Waals surface area contributed by atoms with Crippen molar-refractivity contribution in [2.75, 3.05) is 7.05 Å². The number of para-hydroxylation sites is 1. The summed E-state index contributed by atoms with van der Waals surface area (Å²) in [4.78, 5) is 0. The van der Waals surface area contributed by atoms with Gasteiger partial charge in [-0.25, -0.2) is 0 Å². The monoisotopic (exact) mass is 229 g/mol. The third kappa shape index (κ3) is 1.41. The molecule has 0 unspecified atom stereocenters. The van der Waals surface area contributed by atoms with Crippen molar-refractivity contribution in [2.45, 2.75) is 0 Å². The molecule has 0 aliphatic carbocycles. The second-order valence-corrected chi connectivity index (χ2v) is 5.33. The number of hydrogen-bond acceptors (Lipinski definition) is 3. The van der Waals surface area contributed by atoms with E-state index >= 15 is 0 Å². The van der Waals surface area contributed by atoms with E-state index in [9.17, 15) is 8.42 Å². The molecule has 0 bridgehead atoms. The molecule has 1 aromatic heterocycles. The summed E-state index contributed by atoms with van der Waals surface area (Å²) in [5.41, 5.74) is 2.28. The van der Waals surface area contributed by atoms with Crippen molar-refractivity contribution in [1.82, 2.24) is 4.72 Å². The van der Waals surface area contributed by atoms with E-state index in [1.165, 1.54) is 22.4 Å². The Morgan fingerprint density at radius 2 is 2.07 bits per heavy atom. The Morgan fingerprint density at radius 1 is 1.36 bits per heavy atom. The first-order chi connectivity index (χ1) is 6.65. The van der Waals surface area contributed by atoms with E-state index in [1.54, 1.807) is 11.6 Å². The van der Waals surface area contributed by atoms with Crippen molar-refractivity contribution in [3.05, 3.63) is 29.8 Å². The van der Waals surface area contributed by atoms with Gasteiger partial charge in [0, 0.05) is 13.1 Å². The Hall–Kier alpha value is -0.980. The Morgan fingerprint density at radius 3 is 2.79 bits per heavy atom. The van der Waals surface area contributed by atoms with Gasteiger partial charge in [0.2, 0.25) is 11.0 Å². The Labute approximate surface area is 86.0 Å². The van der Waals surface area contributed by atoms with E-state index in [1.807, 2.05) is 18.2 Å². The summed E-state index contributed by atoms with van der Waals surface area (Å²) < 4.78 is 27.5. The highest BCUT2D eigenvalue weighted by molar-refractivity contribution is 7.83. The fraction of sp³-hybridized carbons (Fsp3) is 0.125. The fourth-order valence-electron chi connectivity index (χ4n) is 1.18. The molecule has 74 valence electrons. The topological polar surface area (TPSA) is 50.1 Å². The average molecular weight is 229 g/mol. The van der Waals surface area contributed by atoms with Gasteiger partial charge in [0.05, 0.1) is 0 Å². The summed E-state index contributed by atoms with van der Waals surface area (Å²) in [5.74, 6) is 0. The zero-order valence-electron chi connectivity index (χ0n) is 7.47. The maximum Gasteiger partial charge on any atom is 0.445 e. The van der Waals surface area contributed by atoms with Crippen molar-refractivity contribution in [1.29, 1.82) is 0 Å². The van der Waals surface area contributed by atoms with Crippen LogP contribution in [0, 0.1) is 0 Å². The van der Waals surface area contributed by atoms with Crippen LogP contribution >= 0.6 is 11.3 Å². The van der Waals surface area contributed by atoms with Crippen LogP contribution < -0.4 is 8.69 Å². The van der Waals surface area contributed by atoms with Gasteiger partial charge in [-0.3, -0.25) is 0 Å². The van der Waals surface area contributed by atoms with Crippen LogP contribution in [0.4, 0.5) is 0 Å². The quantitative estimate of drug-likeness (QED) is 0.762. The van der Waals surface area contributed by atoms with E-state index in [0.717, 1.165) is 4.70 Å². The lowest BCUT2D eigenvalue weighted by Crippen LogP contribution is -2.48. The van der Waals surface area contributed by atoms with E-state index in [-0.39, 0.29) is 0 Å². The lowest BCUT2D eigenvalue weighted by Gasteiger charge is -1.92. The molecular weight excluding hydrogens is 220 g/mol. The number of fused-ring (bicyclic) bond motifs is 1. The summed E-state index contributed by atoms with van der Waals surface area (Å²) >= 11 is 1.40. The van der Waals surface area contributed by atoms with Crippen LogP contribution in [0.15, 0.2) is 29.8 Å². The summed E-state index contributed by atoms with van der Waals surface area (Å²) in [7, 11) is -2.01. The Bertz CT molecular complexity index is 559. The van der Waals surface area contributed by atoms with Crippen LogP contribution in [0.3, 0.4) is 0 Å². The standard InChI is InChI=1S/C8H9N2O2S2/c1-9-14(11,12)10-6-13-8-5-3-2-4-7(8)10/h2-6,9H,1H3/q+1. The van der Waals surface area contributed by atoms with Crippen molar-refractivity contribution < 1.29 is 12.4 Å². The smallest absolute Gasteiger partial charge is 0.162 e. The van der Waals surface area contributed by atoms with Crippen LogP contribution in [-0.4, -0.2) is 15.5 Å². The van der Waals surface area contributed by atoms with Gasteiger partial charge in [-0.15, -0.1) is 8.42 Å². The number of nitrogens with one attached hydrogen (secondary N) is 1. The molecule has 0 amide bonds. The average Bonchev–Trinajstić information content (AvgIpc) is 2.61. The molecule has 0 saturated heterocycles. The lowest BCUT2D eigenvalue weighted by atomic mass is 10.3. The molecule has 4 nitrogen and oxygen atoms in total. The second-order valence-electron chi connectivity index (χ2n) is 2.70. The molecule has 0 radical (unpaired) electrons. The molecule has 14 heavy (non-hydrogen) atoms. The molecule has 0 fully saturated rings. The summed E-state index contributed by atoms with van der Waals surface area (Å²) in [5, 5.41) is 0. The van der Waals surface area contributed by atoms with Crippen LogP contribution in [0.5, 0.6) is 0 Å². The number of rotatable bonds is 2. The van der Waals surface area contributed by atoms with Gasteiger partial charge in [-0.05, 0) is 6.07 Å². The predicted molar refractivity (Wildman–Crippen MR) is 55.4 cm³/mol. The number of thiazole rings is 1. The lowest BCUT2D eigenvalue weighted by molar-refractivity contribution is -0.476. The molecule has 1 heterocycles. The highest BCUT2D eigenvalue weighted by Gasteiger charge is 2.24. The minimum absolute atomic E-state index is 0.701. The summed E-state index contributed by atoms with van der Waals surface area (Å²) in [6.45, 7) is 0. The van der Waals surface area contributed by atoms with Gasteiger partial charge < -0.3 is 0 Å². The minimum Gasteiger partial charge on any atom is -0.162 e. The Balaban J connectivity index is 2.77. The molecule has 1 N–H and O–H groups in total. The highest BCUT2D eigenvalue weighted by Crippen LogP contribution is 2.15. The van der Waals surface area contributed by atoms with Crippen LogP contribution in [0.1, 0.15) is 0 Å². The van der Waals surface area contributed by atoms with E-state index in [2.05, 4.69) is 4.72 Å². The van der Waals surface area contributed by atoms with Gasteiger partial charge in [-0.2, -0.15) is 4.72 Å². The summed E-state index contributed by atoms with van der Waals surface area (Å²) in [6, 6.07) is 7.37. The maximum atomic E-state index is 11.5. The Kier molecular flexibility index (Phi) is 2.26. The molecule has 0 atom stereocenters. The van der Waals surface area contributed by atoms with Crippen molar-refractivity contribution in [3.63, 3.8) is 0 Å². The first kappa shape index (κ1) is 9.57. The first-order valence-corrected chi connectivity index (χ1v) is 6.29. The molecule has 2 rings (SSSR count). The van der Waals surface area contributed by atoms with E-state index in [4.69, 9.17) is 0 Å². The van der Waals surface area contributed by atoms with Crippen LogP contribution in [0.2, 0.25) is 0 Å². The molecule has 0 aliphatic heterocycles.